The number of rotatable bonds is 2. The van der Waals surface area contributed by atoms with Crippen LogP contribution in [0.2, 0.25) is 0 Å². The number of nitrogens with two attached hydrogens (primary N) is 1. The number of halogens is 3. The molecule has 1 unspecified atom stereocenters. The van der Waals surface area contributed by atoms with Gasteiger partial charge in [0, 0.05) is 30.5 Å². The highest BCUT2D eigenvalue weighted by molar-refractivity contribution is 5.76. The van der Waals surface area contributed by atoms with E-state index in [9.17, 15) is 13.2 Å². The number of hydrogen-bond acceptors (Lipinski definition) is 6. The van der Waals surface area contributed by atoms with Gasteiger partial charge in [-0.3, -0.25) is 9.78 Å². The summed E-state index contributed by atoms with van der Waals surface area (Å²) in [5.41, 5.74) is 7.73. The maximum absolute atomic E-state index is 13.2. The molecule has 2 spiro atoms. The van der Waals surface area contributed by atoms with Gasteiger partial charge in [0.2, 0.25) is 0 Å². The van der Waals surface area contributed by atoms with Gasteiger partial charge in [-0.25, -0.2) is 4.99 Å². The molecule has 1 aromatic carbocycles. The predicted molar refractivity (Wildman–Crippen MR) is 118 cm³/mol. The van der Waals surface area contributed by atoms with Gasteiger partial charge in [0.1, 0.15) is 12.1 Å². The summed E-state index contributed by atoms with van der Waals surface area (Å²) in [4.78, 5) is 17.0. The van der Waals surface area contributed by atoms with E-state index in [0.717, 1.165) is 55.5 Å². The van der Waals surface area contributed by atoms with E-state index < -0.39 is 17.3 Å². The van der Waals surface area contributed by atoms with E-state index in [0.29, 0.717) is 17.7 Å². The summed E-state index contributed by atoms with van der Waals surface area (Å²) in [6.45, 7) is 0.105. The number of alkyl halides is 3. The maximum Gasteiger partial charge on any atom is 0.417 e. The Hall–Kier alpha value is -3.14. The number of carboxylic acid groups (broad SMARTS) is 1. The van der Waals surface area contributed by atoms with Crippen LogP contribution in [0.15, 0.2) is 41.7 Å². The van der Waals surface area contributed by atoms with Crippen LogP contribution in [-0.4, -0.2) is 42.4 Å². The molecule has 2 heterocycles. The van der Waals surface area contributed by atoms with Crippen LogP contribution in [-0.2, 0) is 32.4 Å². The molecule has 1 fully saturated rings. The van der Waals surface area contributed by atoms with Crippen LogP contribution in [0.5, 0.6) is 0 Å². The largest absolute Gasteiger partial charge is 0.483 e. The van der Waals surface area contributed by atoms with Gasteiger partial charge >= 0.3 is 6.18 Å². The molecule has 10 heteroatoms. The number of aromatic nitrogens is 1. The zero-order chi connectivity index (χ0) is 24.6. The van der Waals surface area contributed by atoms with Crippen molar-refractivity contribution in [3.8, 4) is 11.1 Å². The number of hydrogen-bond donors (Lipinski definition) is 2. The van der Waals surface area contributed by atoms with Crippen molar-refractivity contribution >= 4 is 12.5 Å². The number of fused-ring (bicyclic) bond motifs is 3. The second-order valence-corrected chi connectivity index (χ2v) is 8.93. The first kappa shape index (κ1) is 24.0. The smallest absolute Gasteiger partial charge is 0.417 e. The summed E-state index contributed by atoms with van der Waals surface area (Å²) < 4.78 is 50.8. The number of methoxy groups -OCH3 is 1. The zero-order valence-corrected chi connectivity index (χ0v) is 18.6. The highest BCUT2D eigenvalue weighted by Gasteiger charge is 2.61. The molecule has 34 heavy (non-hydrogen) atoms. The van der Waals surface area contributed by atoms with Crippen molar-refractivity contribution in [3.63, 3.8) is 0 Å². The molecule has 3 aliphatic rings. The molecule has 1 aliphatic heterocycles. The fourth-order valence-corrected chi connectivity index (χ4v) is 5.66. The van der Waals surface area contributed by atoms with Crippen molar-refractivity contribution in [3.05, 3.63) is 53.3 Å². The topological polar surface area (TPSA) is 107 Å². The summed E-state index contributed by atoms with van der Waals surface area (Å²) in [5, 5.41) is 6.89. The van der Waals surface area contributed by atoms with Crippen LogP contribution in [0.1, 0.15) is 42.4 Å². The van der Waals surface area contributed by atoms with Crippen molar-refractivity contribution in [1.29, 1.82) is 0 Å². The number of ether oxygens (including phenoxy) is 2. The molecular formula is C24H26F3N3O4. The Kier molecular flexibility index (Phi) is 6.28. The van der Waals surface area contributed by atoms with E-state index in [1.54, 1.807) is 7.11 Å². The molecule has 0 bridgehead atoms. The SMILES string of the molecule is CO[C@H]1CC[C@]2(CC1)Cc1ccc(-c3cncc(C(F)(F)F)c3)cc1C21COC(N)=N1.O=CO. The summed E-state index contributed by atoms with van der Waals surface area (Å²) in [6, 6.07) is 7.14. The summed E-state index contributed by atoms with van der Waals surface area (Å²) in [7, 11) is 1.74. The number of carbonyl (C=O) groups is 1. The van der Waals surface area contributed by atoms with Crippen molar-refractivity contribution in [1.82, 2.24) is 4.98 Å². The molecule has 2 aromatic rings. The Morgan fingerprint density at radius 2 is 1.91 bits per heavy atom. The molecule has 2 aliphatic carbocycles. The number of nitrogens with zero attached hydrogens (tertiary/aromatic N) is 2. The summed E-state index contributed by atoms with van der Waals surface area (Å²) >= 11 is 0. The summed E-state index contributed by atoms with van der Waals surface area (Å²) in [5.74, 6) is 0. The van der Waals surface area contributed by atoms with E-state index in [-0.39, 0.29) is 24.0 Å². The first-order valence-electron chi connectivity index (χ1n) is 10.9. The molecule has 0 amide bonds. The Morgan fingerprint density at radius 3 is 2.50 bits per heavy atom. The van der Waals surface area contributed by atoms with Crippen molar-refractivity contribution < 1.29 is 32.5 Å². The first-order valence-corrected chi connectivity index (χ1v) is 10.9. The minimum Gasteiger partial charge on any atom is -0.483 e. The average Bonchev–Trinajstić information content (AvgIpc) is 3.33. The molecule has 1 saturated carbocycles. The molecule has 1 aromatic heterocycles. The van der Waals surface area contributed by atoms with Crippen LogP contribution in [0.25, 0.3) is 11.1 Å². The van der Waals surface area contributed by atoms with E-state index in [1.807, 2.05) is 18.2 Å². The summed E-state index contributed by atoms with van der Waals surface area (Å²) in [6.07, 6.45) is 2.68. The van der Waals surface area contributed by atoms with E-state index in [4.69, 9.17) is 30.1 Å². The van der Waals surface area contributed by atoms with Crippen molar-refractivity contribution in [2.24, 2.45) is 16.1 Å². The number of pyridine rings is 1. The lowest BCUT2D eigenvalue weighted by Crippen LogP contribution is -2.46. The van der Waals surface area contributed by atoms with Gasteiger partial charge in [-0.05, 0) is 60.9 Å². The third-order valence-electron chi connectivity index (χ3n) is 7.31. The molecule has 3 N–H and O–H groups in total. The van der Waals surface area contributed by atoms with E-state index >= 15 is 0 Å². The van der Waals surface area contributed by atoms with Gasteiger partial charge in [-0.15, -0.1) is 0 Å². The van der Waals surface area contributed by atoms with Crippen LogP contribution in [0.3, 0.4) is 0 Å². The average molecular weight is 477 g/mol. The lowest BCUT2D eigenvalue weighted by Gasteiger charge is -2.45. The molecule has 7 nitrogen and oxygen atoms in total. The monoisotopic (exact) mass is 477 g/mol. The second-order valence-electron chi connectivity index (χ2n) is 8.93. The lowest BCUT2D eigenvalue weighted by atomic mass is 9.62. The number of amidine groups is 1. The molecule has 0 radical (unpaired) electrons. The minimum atomic E-state index is -4.44. The Bertz CT molecular complexity index is 1100. The first-order chi connectivity index (χ1) is 16.2. The van der Waals surface area contributed by atoms with Crippen molar-refractivity contribution in [2.75, 3.05) is 13.7 Å². The second kappa shape index (κ2) is 8.90. The highest BCUT2D eigenvalue weighted by atomic mass is 19.4. The van der Waals surface area contributed by atoms with Gasteiger partial charge in [0.25, 0.3) is 12.5 Å². The van der Waals surface area contributed by atoms with Gasteiger partial charge in [-0.1, -0.05) is 12.1 Å². The Balaban J connectivity index is 0.000000868. The fourth-order valence-electron chi connectivity index (χ4n) is 5.66. The minimum absolute atomic E-state index is 0.129. The van der Waals surface area contributed by atoms with E-state index in [1.165, 1.54) is 6.20 Å². The Labute approximate surface area is 194 Å². The van der Waals surface area contributed by atoms with Crippen LogP contribution in [0, 0.1) is 5.41 Å². The Morgan fingerprint density at radius 1 is 1.21 bits per heavy atom. The predicted octanol–water partition coefficient (Wildman–Crippen LogP) is 4.14. The van der Waals surface area contributed by atoms with E-state index in [2.05, 4.69) is 4.98 Å². The van der Waals surface area contributed by atoms with Gasteiger partial charge in [-0.2, -0.15) is 13.2 Å². The molecule has 182 valence electrons. The standard InChI is InChI=1S/C23H24F3N3O2.CH2O2/c1-30-18-4-6-21(7-5-18)10-15-3-2-14(9-19(15)22(21)13-31-20(27)29-22)16-8-17(12-28-11-16)23(24,25)26;2-1-3/h2-3,8-9,11-12,18H,4-7,10,13H2,1H3,(H2,27,29);1H,(H,2,3)/t18-,21-,22?;. The molecular weight excluding hydrogens is 451 g/mol. The molecule has 0 saturated heterocycles. The highest BCUT2D eigenvalue weighted by Crippen LogP contribution is 2.61. The van der Waals surface area contributed by atoms with Crippen molar-refractivity contribution in [2.45, 2.75) is 49.9 Å². The van der Waals surface area contributed by atoms with Gasteiger partial charge < -0.3 is 20.3 Å². The van der Waals surface area contributed by atoms with Crippen LogP contribution < -0.4 is 5.73 Å². The lowest BCUT2D eigenvalue weighted by molar-refractivity contribution is -0.137. The maximum atomic E-state index is 13.2. The quantitative estimate of drug-likeness (QED) is 0.630. The van der Waals surface area contributed by atoms with Crippen LogP contribution in [0.4, 0.5) is 13.2 Å². The molecule has 1 atom stereocenters. The third-order valence-corrected chi connectivity index (χ3v) is 7.31. The third kappa shape index (κ3) is 4.00. The fraction of sp³-hybridized carbons (Fsp3) is 0.458. The van der Waals surface area contributed by atoms with Crippen LogP contribution >= 0.6 is 0 Å². The number of benzene rings is 1. The van der Waals surface area contributed by atoms with Gasteiger partial charge in [0.15, 0.2) is 0 Å². The molecule has 5 rings (SSSR count). The van der Waals surface area contributed by atoms with Gasteiger partial charge in [0.05, 0.1) is 11.7 Å². The number of aliphatic imine (C=N–C) groups is 1. The zero-order valence-electron chi connectivity index (χ0n) is 18.6. The normalized spacial score (nSPS) is 27.5.